The van der Waals surface area contributed by atoms with E-state index in [0.717, 1.165) is 29.1 Å². The molecule has 0 radical (unpaired) electrons. The Bertz CT molecular complexity index is 722. The van der Waals surface area contributed by atoms with E-state index in [9.17, 15) is 0 Å². The Morgan fingerprint density at radius 3 is 2.36 bits per heavy atom. The molecule has 0 amide bonds. The van der Waals surface area contributed by atoms with Crippen LogP contribution in [0.25, 0.3) is 11.4 Å². The van der Waals surface area contributed by atoms with Gasteiger partial charge >= 0.3 is 0 Å². The Balaban J connectivity index is 2.33. The highest BCUT2D eigenvalue weighted by Gasteiger charge is 2.23. The number of para-hydroxylation sites is 1. The minimum absolute atomic E-state index is 0.402. The maximum Gasteiger partial charge on any atom is 0.0703 e. The average molecular weight is 311 g/mol. The van der Waals surface area contributed by atoms with Crippen LogP contribution in [0.2, 0.25) is 0 Å². The molecule has 1 heterocycles. The van der Waals surface area contributed by atoms with Crippen LogP contribution in [0.4, 0.5) is 5.69 Å². The van der Waals surface area contributed by atoms with Gasteiger partial charge in [0.1, 0.15) is 0 Å². The molecule has 22 heavy (non-hydrogen) atoms. The predicted molar refractivity (Wildman–Crippen MR) is 98.1 cm³/mol. The smallest absolute Gasteiger partial charge is 0.0703 e. The third kappa shape index (κ3) is 2.46. The second kappa shape index (κ2) is 6.02. The molecule has 2 aromatic carbocycles. The monoisotopic (exact) mass is 311 g/mol. The van der Waals surface area contributed by atoms with Gasteiger partial charge in [-0.1, -0.05) is 42.5 Å². The van der Waals surface area contributed by atoms with E-state index in [2.05, 4.69) is 75.7 Å². The van der Waals surface area contributed by atoms with E-state index < -0.39 is 0 Å². The van der Waals surface area contributed by atoms with E-state index >= 15 is 0 Å². The highest BCUT2D eigenvalue weighted by molar-refractivity contribution is 7.14. The Kier molecular flexibility index (Phi) is 4.08. The summed E-state index contributed by atoms with van der Waals surface area (Å²) in [6, 6.07) is 17.2. The zero-order valence-corrected chi connectivity index (χ0v) is 14.2. The fraction of sp³-hybridized carbons (Fsp3) is 0.222. The molecule has 0 saturated carbocycles. The minimum Gasteiger partial charge on any atom is -0.397 e. The summed E-state index contributed by atoms with van der Waals surface area (Å²) in [7, 11) is 2.58. The number of nitrogens with two attached hydrogens (primary N) is 1. The summed E-state index contributed by atoms with van der Waals surface area (Å²) in [5, 5.41) is 3.22. The van der Waals surface area contributed by atoms with Gasteiger partial charge in [-0.25, -0.2) is 0 Å². The molecular weight excluding hydrogens is 289 g/mol. The molecule has 0 fully saturated rings. The molecule has 1 aliphatic heterocycles. The van der Waals surface area contributed by atoms with Gasteiger partial charge < -0.3 is 15.7 Å². The van der Waals surface area contributed by atoms with Crippen LogP contribution in [-0.2, 0) is 6.54 Å². The molecule has 1 atom stereocenters. The molecule has 0 spiro atoms. The van der Waals surface area contributed by atoms with Crippen LogP contribution >= 0.6 is 9.39 Å². The molecule has 0 bridgehead atoms. The van der Waals surface area contributed by atoms with Gasteiger partial charge in [-0.05, 0) is 34.9 Å². The number of rotatable bonds is 2. The van der Waals surface area contributed by atoms with Crippen LogP contribution in [0.1, 0.15) is 30.5 Å². The van der Waals surface area contributed by atoms with Gasteiger partial charge in [-0.2, -0.15) is 0 Å². The molecule has 3 N–H and O–H groups in total. The lowest BCUT2D eigenvalue weighted by atomic mass is 9.96. The second-order valence-corrected chi connectivity index (χ2v) is 6.12. The maximum atomic E-state index is 6.49. The Labute approximate surface area is 134 Å². The summed E-state index contributed by atoms with van der Waals surface area (Å²) in [5.74, 6) is 0. The summed E-state index contributed by atoms with van der Waals surface area (Å²) >= 11 is 0. The molecule has 1 unspecified atom stereocenters. The van der Waals surface area contributed by atoms with Gasteiger partial charge in [0.2, 0.25) is 0 Å². The summed E-state index contributed by atoms with van der Waals surface area (Å²) in [6.07, 6.45) is 0. The lowest BCUT2D eigenvalue weighted by molar-refractivity contribution is 0.680. The van der Waals surface area contributed by atoms with E-state index in [1.807, 2.05) is 6.07 Å². The summed E-state index contributed by atoms with van der Waals surface area (Å²) in [4.78, 5) is 2.42. The van der Waals surface area contributed by atoms with Gasteiger partial charge in [-0.3, -0.25) is 0 Å². The van der Waals surface area contributed by atoms with Crippen molar-refractivity contribution in [2.75, 3.05) is 4.90 Å². The third-order valence-electron chi connectivity index (χ3n) is 4.17. The first-order chi connectivity index (χ1) is 10.6. The number of nitrogens with one attached hydrogen (secondary N) is 1. The Hall–Kier alpha value is -1.99. The van der Waals surface area contributed by atoms with E-state index in [1.165, 1.54) is 11.3 Å². The van der Waals surface area contributed by atoms with Gasteiger partial charge in [0.25, 0.3) is 0 Å². The molecule has 0 saturated heterocycles. The standard InChI is InChI=1S/C18H22N3P/c1-12(2)21-11-13-7-3-4-8-14(13)17(19)18(20-22)15-9-5-6-10-16(15)21/h3-10,12,20H,11,19,22H2,1-2H3/b18-17-. The SMILES string of the molecule is CC(C)N1Cc2ccccc2/C(N)=C(/NP)c2ccccc21. The number of nitrogens with zero attached hydrogens (tertiary/aromatic N) is 1. The lowest BCUT2D eigenvalue weighted by Gasteiger charge is -2.34. The van der Waals surface area contributed by atoms with Crippen LogP contribution in [-0.4, -0.2) is 6.04 Å². The Morgan fingerprint density at radius 1 is 1.05 bits per heavy atom. The van der Waals surface area contributed by atoms with Crippen molar-refractivity contribution in [1.29, 1.82) is 0 Å². The lowest BCUT2D eigenvalue weighted by Crippen LogP contribution is -2.33. The van der Waals surface area contributed by atoms with Crippen LogP contribution in [0, 0.1) is 0 Å². The van der Waals surface area contributed by atoms with Gasteiger partial charge in [0, 0.05) is 29.4 Å². The molecule has 2 aromatic rings. The molecule has 1 aliphatic rings. The second-order valence-electron chi connectivity index (χ2n) is 5.83. The van der Waals surface area contributed by atoms with Crippen LogP contribution in [0.5, 0.6) is 0 Å². The maximum absolute atomic E-state index is 6.49. The van der Waals surface area contributed by atoms with Crippen molar-refractivity contribution in [2.45, 2.75) is 26.4 Å². The molecule has 4 heteroatoms. The fourth-order valence-corrected chi connectivity index (χ4v) is 3.33. The quantitative estimate of drug-likeness (QED) is 0.833. The third-order valence-corrected chi connectivity index (χ3v) is 4.46. The van der Waals surface area contributed by atoms with Crippen molar-refractivity contribution in [3.05, 3.63) is 65.2 Å². The number of hydrogen-bond donors (Lipinski definition) is 2. The van der Waals surface area contributed by atoms with Crippen molar-refractivity contribution in [2.24, 2.45) is 5.73 Å². The first-order valence-electron chi connectivity index (χ1n) is 7.54. The molecule has 0 aromatic heterocycles. The molecule has 3 nitrogen and oxygen atoms in total. The van der Waals surface area contributed by atoms with Crippen molar-refractivity contribution in [1.82, 2.24) is 5.09 Å². The largest absolute Gasteiger partial charge is 0.397 e. The zero-order chi connectivity index (χ0) is 15.7. The first kappa shape index (κ1) is 14.9. The van der Waals surface area contributed by atoms with Crippen molar-refractivity contribution in [3.63, 3.8) is 0 Å². The number of fused-ring (bicyclic) bond motifs is 2. The first-order valence-corrected chi connectivity index (χ1v) is 8.12. The van der Waals surface area contributed by atoms with Gasteiger partial charge in [0.15, 0.2) is 0 Å². The molecule has 0 aliphatic carbocycles. The van der Waals surface area contributed by atoms with Crippen molar-refractivity contribution >= 4 is 26.5 Å². The van der Waals surface area contributed by atoms with E-state index in [-0.39, 0.29) is 0 Å². The van der Waals surface area contributed by atoms with Crippen LogP contribution < -0.4 is 15.7 Å². The van der Waals surface area contributed by atoms with Crippen molar-refractivity contribution in [3.8, 4) is 0 Å². The summed E-state index contributed by atoms with van der Waals surface area (Å²) in [6.45, 7) is 5.30. The Morgan fingerprint density at radius 2 is 1.68 bits per heavy atom. The number of anilines is 1. The van der Waals surface area contributed by atoms with Gasteiger partial charge in [0.05, 0.1) is 11.4 Å². The van der Waals surface area contributed by atoms with Gasteiger partial charge in [-0.15, -0.1) is 0 Å². The zero-order valence-electron chi connectivity index (χ0n) is 13.0. The highest BCUT2D eigenvalue weighted by Crippen LogP contribution is 2.35. The van der Waals surface area contributed by atoms with Crippen molar-refractivity contribution < 1.29 is 0 Å². The summed E-state index contributed by atoms with van der Waals surface area (Å²) in [5.41, 5.74) is 12.9. The number of benzene rings is 2. The average Bonchev–Trinajstić information content (AvgIpc) is 2.52. The topological polar surface area (TPSA) is 41.3 Å². The molecule has 3 rings (SSSR count). The van der Waals surface area contributed by atoms with E-state index in [4.69, 9.17) is 5.73 Å². The molecular formula is C18H22N3P. The highest BCUT2D eigenvalue weighted by atomic mass is 31.0. The summed E-state index contributed by atoms with van der Waals surface area (Å²) < 4.78 is 0. The van der Waals surface area contributed by atoms with E-state index in [0.29, 0.717) is 6.04 Å². The normalized spacial score (nSPS) is 17.5. The van der Waals surface area contributed by atoms with Crippen LogP contribution in [0.3, 0.4) is 0 Å². The number of hydrogen-bond acceptors (Lipinski definition) is 3. The minimum atomic E-state index is 0.402. The van der Waals surface area contributed by atoms with E-state index in [1.54, 1.807) is 0 Å². The predicted octanol–water partition coefficient (Wildman–Crippen LogP) is 3.58. The van der Waals surface area contributed by atoms with Crippen LogP contribution in [0.15, 0.2) is 48.5 Å². The fourth-order valence-electron chi connectivity index (χ4n) is 3.02. The molecule has 114 valence electrons.